The minimum Gasteiger partial charge on any atom is -0.357 e. The Morgan fingerprint density at radius 3 is 2.60 bits per heavy atom. The molecule has 2 N–H and O–H groups in total. The van der Waals surface area contributed by atoms with Crippen molar-refractivity contribution in [3.05, 3.63) is 23.9 Å². The van der Waals surface area contributed by atoms with Gasteiger partial charge in [-0.25, -0.2) is 9.98 Å². The van der Waals surface area contributed by atoms with Gasteiger partial charge in [-0.3, -0.25) is 0 Å². The third kappa shape index (κ3) is 8.00. The highest BCUT2D eigenvalue weighted by atomic mass is 127. The summed E-state index contributed by atoms with van der Waals surface area (Å²) >= 11 is 1.83. The molecule has 1 aromatic heterocycles. The number of aromatic nitrogens is 1. The second kappa shape index (κ2) is 12.6. The van der Waals surface area contributed by atoms with Crippen LogP contribution in [0.5, 0.6) is 0 Å². The Morgan fingerprint density at radius 2 is 2.00 bits per heavy atom. The fourth-order valence-electron chi connectivity index (χ4n) is 2.52. The van der Waals surface area contributed by atoms with Gasteiger partial charge in [0.1, 0.15) is 5.82 Å². The van der Waals surface area contributed by atoms with Crippen LogP contribution in [0.2, 0.25) is 0 Å². The van der Waals surface area contributed by atoms with Crippen LogP contribution in [0, 0.1) is 0 Å². The van der Waals surface area contributed by atoms with E-state index in [0.29, 0.717) is 6.54 Å². The molecule has 1 fully saturated rings. The number of nitrogens with zero attached hydrogens (tertiary/aromatic N) is 4. The minimum atomic E-state index is 0. The summed E-state index contributed by atoms with van der Waals surface area (Å²) in [6.07, 6.45) is 4.06. The lowest BCUT2D eigenvalue weighted by Gasteiger charge is -2.33. The number of rotatable bonds is 7. The van der Waals surface area contributed by atoms with Crippen LogP contribution in [0.4, 0.5) is 5.82 Å². The van der Waals surface area contributed by atoms with Crippen molar-refractivity contribution in [1.29, 1.82) is 0 Å². The molecule has 8 heteroatoms. The molecule has 142 valence electrons. The number of anilines is 1. The summed E-state index contributed by atoms with van der Waals surface area (Å²) in [4.78, 5) is 14.0. The van der Waals surface area contributed by atoms with Gasteiger partial charge in [0, 0.05) is 51.2 Å². The smallest absolute Gasteiger partial charge is 0.191 e. The number of pyridine rings is 1. The highest BCUT2D eigenvalue weighted by Gasteiger charge is 2.14. The molecule has 0 amide bonds. The first kappa shape index (κ1) is 22.3. The van der Waals surface area contributed by atoms with Crippen molar-refractivity contribution in [2.24, 2.45) is 4.99 Å². The number of nitrogens with one attached hydrogen (secondary N) is 2. The molecule has 0 aromatic carbocycles. The van der Waals surface area contributed by atoms with Crippen LogP contribution in [0.1, 0.15) is 12.5 Å². The number of guanidine groups is 1. The van der Waals surface area contributed by atoms with E-state index < -0.39 is 0 Å². The molecule has 2 heterocycles. The van der Waals surface area contributed by atoms with Crippen molar-refractivity contribution in [3.63, 3.8) is 0 Å². The van der Waals surface area contributed by atoms with Crippen LogP contribution in [0.3, 0.4) is 0 Å². The van der Waals surface area contributed by atoms with Crippen LogP contribution in [0.25, 0.3) is 0 Å². The lowest BCUT2D eigenvalue weighted by atomic mass is 10.2. The highest BCUT2D eigenvalue weighted by molar-refractivity contribution is 14.0. The van der Waals surface area contributed by atoms with E-state index in [1.165, 1.54) is 0 Å². The molecule has 0 unspecified atom stereocenters. The van der Waals surface area contributed by atoms with Crippen LogP contribution in [0.15, 0.2) is 23.3 Å². The van der Waals surface area contributed by atoms with E-state index in [1.807, 2.05) is 18.0 Å². The Morgan fingerprint density at radius 1 is 1.24 bits per heavy atom. The van der Waals surface area contributed by atoms with Crippen molar-refractivity contribution in [1.82, 2.24) is 20.5 Å². The molecule has 1 aliphatic rings. The number of thioether (sulfide) groups is 1. The summed E-state index contributed by atoms with van der Waals surface area (Å²) < 4.78 is 0. The summed E-state index contributed by atoms with van der Waals surface area (Å²) in [7, 11) is 2.17. The number of hydrogen-bond donors (Lipinski definition) is 2. The molecule has 1 aliphatic heterocycles. The highest BCUT2D eigenvalue weighted by Crippen LogP contribution is 2.13. The van der Waals surface area contributed by atoms with Crippen molar-refractivity contribution >= 4 is 47.5 Å². The molecule has 0 saturated carbocycles. The topological polar surface area (TPSA) is 55.8 Å². The third-order valence-corrected chi connectivity index (χ3v) is 4.61. The van der Waals surface area contributed by atoms with Gasteiger partial charge in [0.15, 0.2) is 5.96 Å². The summed E-state index contributed by atoms with van der Waals surface area (Å²) in [5, 5.41) is 6.62. The number of aliphatic imine (C=N–C) groups is 1. The lowest BCUT2D eigenvalue weighted by Crippen LogP contribution is -2.44. The van der Waals surface area contributed by atoms with Gasteiger partial charge in [0.2, 0.25) is 0 Å². The molecular weight excluding hydrogens is 447 g/mol. The molecule has 2 rings (SSSR count). The average Bonchev–Trinajstić information content (AvgIpc) is 2.61. The van der Waals surface area contributed by atoms with E-state index >= 15 is 0 Å². The molecule has 6 nitrogen and oxygen atoms in total. The summed E-state index contributed by atoms with van der Waals surface area (Å²) in [6, 6.07) is 4.25. The normalized spacial score (nSPS) is 15.6. The second-order valence-electron chi connectivity index (χ2n) is 5.93. The van der Waals surface area contributed by atoms with Crippen LogP contribution < -0.4 is 15.5 Å². The van der Waals surface area contributed by atoms with Crippen molar-refractivity contribution < 1.29 is 0 Å². The van der Waals surface area contributed by atoms with Crippen molar-refractivity contribution in [2.45, 2.75) is 13.5 Å². The maximum Gasteiger partial charge on any atom is 0.191 e. The molecule has 0 aliphatic carbocycles. The van der Waals surface area contributed by atoms with Crippen LogP contribution in [-0.4, -0.2) is 74.2 Å². The van der Waals surface area contributed by atoms with Gasteiger partial charge in [-0.05, 0) is 31.9 Å². The molecule has 25 heavy (non-hydrogen) atoms. The number of piperazine rings is 1. The maximum absolute atomic E-state index is 4.63. The van der Waals surface area contributed by atoms with Crippen molar-refractivity contribution in [2.75, 3.05) is 63.2 Å². The minimum absolute atomic E-state index is 0. The number of halogens is 1. The first-order valence-corrected chi connectivity index (χ1v) is 10.0. The zero-order chi connectivity index (χ0) is 17.2. The van der Waals surface area contributed by atoms with Gasteiger partial charge in [-0.2, -0.15) is 11.8 Å². The molecule has 0 atom stereocenters. The van der Waals surface area contributed by atoms with E-state index in [1.54, 1.807) is 0 Å². The predicted molar refractivity (Wildman–Crippen MR) is 121 cm³/mol. The molecule has 1 saturated heterocycles. The van der Waals surface area contributed by atoms with Gasteiger partial charge in [-0.15, -0.1) is 24.0 Å². The maximum atomic E-state index is 4.63. The Balaban J connectivity index is 0.00000312. The van der Waals surface area contributed by atoms with E-state index in [9.17, 15) is 0 Å². The second-order valence-corrected chi connectivity index (χ2v) is 6.92. The van der Waals surface area contributed by atoms with E-state index in [4.69, 9.17) is 0 Å². The monoisotopic (exact) mass is 478 g/mol. The largest absolute Gasteiger partial charge is 0.357 e. The third-order valence-electron chi connectivity index (χ3n) is 4.00. The summed E-state index contributed by atoms with van der Waals surface area (Å²) in [5.41, 5.74) is 1.13. The van der Waals surface area contributed by atoms with Gasteiger partial charge >= 0.3 is 0 Å². The average molecular weight is 478 g/mol. The van der Waals surface area contributed by atoms with Crippen LogP contribution in [-0.2, 0) is 6.54 Å². The number of likely N-dealkylation sites (N-methyl/N-ethyl adjacent to an activating group) is 1. The Bertz CT molecular complexity index is 502. The first-order chi connectivity index (χ1) is 11.7. The predicted octanol–water partition coefficient (Wildman–Crippen LogP) is 1.87. The summed E-state index contributed by atoms with van der Waals surface area (Å²) in [5.74, 6) is 3.02. The molecule has 0 bridgehead atoms. The SMILES string of the molecule is CCNC(=NCc1ccc(N2CCN(C)CC2)nc1)NCCSC.I. The van der Waals surface area contributed by atoms with Crippen LogP contribution >= 0.6 is 35.7 Å². The standard InChI is InChI=1S/C17H30N6S.HI/c1-4-18-17(19-7-12-24-3)21-14-15-5-6-16(20-13-15)23-10-8-22(2)9-11-23;/h5-6,13H,4,7-12,14H2,1-3H3,(H2,18,19,21);1H. The van der Waals surface area contributed by atoms with Gasteiger partial charge in [-0.1, -0.05) is 6.07 Å². The van der Waals surface area contributed by atoms with Gasteiger partial charge < -0.3 is 20.4 Å². The van der Waals surface area contributed by atoms with Gasteiger partial charge in [0.25, 0.3) is 0 Å². The Hall–Kier alpha value is -0.740. The molecule has 1 aromatic rings. The lowest BCUT2D eigenvalue weighted by molar-refractivity contribution is 0.312. The first-order valence-electron chi connectivity index (χ1n) is 8.62. The fourth-order valence-corrected chi connectivity index (χ4v) is 2.82. The van der Waals surface area contributed by atoms with Gasteiger partial charge in [0.05, 0.1) is 6.54 Å². The fraction of sp³-hybridized carbons (Fsp3) is 0.647. The number of hydrogen-bond acceptors (Lipinski definition) is 5. The molecule has 0 radical (unpaired) electrons. The quantitative estimate of drug-likeness (QED) is 0.270. The van der Waals surface area contributed by atoms with E-state index in [0.717, 1.165) is 62.4 Å². The Kier molecular flexibility index (Phi) is 11.2. The van der Waals surface area contributed by atoms with E-state index in [2.05, 4.69) is 62.8 Å². The molecular formula is C17H31IN6S. The zero-order valence-corrected chi connectivity index (χ0v) is 18.6. The zero-order valence-electron chi connectivity index (χ0n) is 15.5. The van der Waals surface area contributed by atoms with E-state index in [-0.39, 0.29) is 24.0 Å². The van der Waals surface area contributed by atoms with Crippen molar-refractivity contribution in [3.8, 4) is 0 Å². The molecule has 0 spiro atoms. The Labute approximate surface area is 173 Å². The summed E-state index contributed by atoms with van der Waals surface area (Å²) in [6.45, 7) is 8.81.